The number of nitrogens with two attached hydrogens (primary N) is 1. The summed E-state index contributed by atoms with van der Waals surface area (Å²) in [4.78, 5) is 17.8. The lowest BCUT2D eigenvalue weighted by Crippen LogP contribution is -2.39. The number of aromatic nitrogens is 5. The number of rotatable bonds is 5. The minimum atomic E-state index is 0.126. The first-order chi connectivity index (χ1) is 18.9. The minimum Gasteiger partial charge on any atom is -0.382 e. The molecule has 0 atom stereocenters. The largest absolute Gasteiger partial charge is 0.382 e. The number of fused-ring (bicyclic) bond motifs is 2. The SMILES string of the molecule is CNCC(=O)N1CC=C(c2cc(C)c3c(N)ncnn23)CC1.Cc1ccc2cn(Cc3ccccc3)nc2c1. The van der Waals surface area contributed by atoms with E-state index in [0.29, 0.717) is 18.9 Å². The van der Waals surface area contributed by atoms with Gasteiger partial charge in [-0.2, -0.15) is 10.2 Å². The van der Waals surface area contributed by atoms with Crippen molar-refractivity contribution >= 4 is 33.7 Å². The lowest BCUT2D eigenvalue weighted by molar-refractivity contribution is -0.129. The average molecular weight is 523 g/mol. The Balaban J connectivity index is 0.000000163. The van der Waals surface area contributed by atoms with Crippen molar-refractivity contribution in [3.05, 3.63) is 95.6 Å². The van der Waals surface area contributed by atoms with E-state index in [0.717, 1.165) is 41.8 Å². The van der Waals surface area contributed by atoms with Crippen molar-refractivity contribution in [1.29, 1.82) is 0 Å². The smallest absolute Gasteiger partial charge is 0.236 e. The van der Waals surface area contributed by atoms with Crippen LogP contribution in [-0.2, 0) is 11.3 Å². The highest BCUT2D eigenvalue weighted by atomic mass is 16.2. The summed E-state index contributed by atoms with van der Waals surface area (Å²) >= 11 is 0. The van der Waals surface area contributed by atoms with Gasteiger partial charge in [0.1, 0.15) is 11.8 Å². The van der Waals surface area contributed by atoms with Crippen LogP contribution in [0.15, 0.2) is 73.2 Å². The number of hydrogen-bond donors (Lipinski definition) is 2. The number of likely N-dealkylation sites (N-methyl/N-ethyl adjacent to an activating group) is 1. The van der Waals surface area contributed by atoms with E-state index in [-0.39, 0.29) is 5.91 Å². The molecule has 0 saturated heterocycles. The molecule has 4 heterocycles. The van der Waals surface area contributed by atoms with Crippen LogP contribution >= 0.6 is 0 Å². The van der Waals surface area contributed by atoms with E-state index in [2.05, 4.69) is 88.2 Å². The summed E-state index contributed by atoms with van der Waals surface area (Å²) in [6.45, 7) is 6.65. The number of nitrogen functional groups attached to an aromatic ring is 1. The van der Waals surface area contributed by atoms with Gasteiger partial charge in [0.05, 0.1) is 24.3 Å². The highest BCUT2D eigenvalue weighted by Crippen LogP contribution is 2.28. The minimum absolute atomic E-state index is 0.126. The van der Waals surface area contributed by atoms with Gasteiger partial charge >= 0.3 is 0 Å². The topological polar surface area (TPSA) is 106 Å². The van der Waals surface area contributed by atoms with Crippen molar-refractivity contribution in [1.82, 2.24) is 34.6 Å². The Morgan fingerprint density at radius 1 is 1.10 bits per heavy atom. The van der Waals surface area contributed by atoms with Gasteiger partial charge in [-0.15, -0.1) is 0 Å². The van der Waals surface area contributed by atoms with Gasteiger partial charge in [-0.1, -0.05) is 48.5 Å². The first-order valence-electron chi connectivity index (χ1n) is 13.1. The lowest BCUT2D eigenvalue weighted by Gasteiger charge is -2.26. The van der Waals surface area contributed by atoms with E-state index in [4.69, 9.17) is 5.73 Å². The van der Waals surface area contributed by atoms with Crippen molar-refractivity contribution in [2.75, 3.05) is 32.4 Å². The van der Waals surface area contributed by atoms with E-state index in [1.807, 2.05) is 27.1 Å². The Hall–Kier alpha value is -4.50. The zero-order valence-corrected chi connectivity index (χ0v) is 22.6. The maximum Gasteiger partial charge on any atom is 0.236 e. The van der Waals surface area contributed by atoms with E-state index >= 15 is 0 Å². The number of nitrogens with one attached hydrogen (secondary N) is 1. The highest BCUT2D eigenvalue weighted by Gasteiger charge is 2.20. The van der Waals surface area contributed by atoms with Crippen LogP contribution in [0, 0.1) is 13.8 Å². The van der Waals surface area contributed by atoms with E-state index in [1.54, 1.807) is 7.05 Å². The second-order valence-electron chi connectivity index (χ2n) is 9.84. The molecular weight excluding hydrogens is 488 g/mol. The van der Waals surface area contributed by atoms with Crippen LogP contribution in [0.3, 0.4) is 0 Å². The lowest BCUT2D eigenvalue weighted by atomic mass is 10.0. The molecule has 9 heteroatoms. The summed E-state index contributed by atoms with van der Waals surface area (Å²) in [5.41, 5.74) is 13.7. The number of hydrogen-bond acceptors (Lipinski definition) is 6. The normalized spacial score (nSPS) is 13.3. The predicted octanol–water partition coefficient (Wildman–Crippen LogP) is 3.85. The molecule has 1 aliphatic heterocycles. The number of anilines is 1. The molecule has 0 aliphatic carbocycles. The molecule has 0 spiro atoms. The Morgan fingerprint density at radius 2 is 1.92 bits per heavy atom. The first-order valence-corrected chi connectivity index (χ1v) is 13.1. The number of benzene rings is 2. The summed E-state index contributed by atoms with van der Waals surface area (Å²) in [6, 6.07) is 18.8. The fourth-order valence-corrected chi connectivity index (χ4v) is 4.90. The van der Waals surface area contributed by atoms with Crippen molar-refractivity contribution < 1.29 is 4.79 Å². The maximum absolute atomic E-state index is 11.9. The highest BCUT2D eigenvalue weighted by molar-refractivity contribution is 5.81. The van der Waals surface area contributed by atoms with Gasteiger partial charge in [0.15, 0.2) is 5.82 Å². The molecule has 1 aliphatic rings. The monoisotopic (exact) mass is 522 g/mol. The quantitative estimate of drug-likeness (QED) is 0.363. The van der Waals surface area contributed by atoms with Crippen molar-refractivity contribution in [3.63, 3.8) is 0 Å². The zero-order chi connectivity index (χ0) is 27.4. The molecule has 0 fully saturated rings. The molecule has 39 heavy (non-hydrogen) atoms. The van der Waals surface area contributed by atoms with Gasteiger partial charge in [-0.3, -0.25) is 9.48 Å². The van der Waals surface area contributed by atoms with Gasteiger partial charge in [-0.25, -0.2) is 9.50 Å². The molecule has 1 amide bonds. The molecule has 5 aromatic rings. The number of nitrogens with zero attached hydrogens (tertiary/aromatic N) is 6. The second-order valence-corrected chi connectivity index (χ2v) is 9.84. The Bertz CT molecular complexity index is 1630. The molecule has 6 rings (SSSR count). The molecular formula is C30H34N8O. The number of amides is 1. The maximum atomic E-state index is 11.9. The third-order valence-electron chi connectivity index (χ3n) is 6.89. The van der Waals surface area contributed by atoms with Crippen LogP contribution in [0.5, 0.6) is 0 Å². The molecule has 3 aromatic heterocycles. The van der Waals surface area contributed by atoms with Crippen LogP contribution < -0.4 is 11.1 Å². The Kier molecular flexibility index (Phi) is 7.69. The van der Waals surface area contributed by atoms with Crippen molar-refractivity contribution in [2.24, 2.45) is 0 Å². The van der Waals surface area contributed by atoms with Crippen LogP contribution in [-0.4, -0.2) is 61.9 Å². The van der Waals surface area contributed by atoms with E-state index in [1.165, 1.54) is 28.4 Å². The zero-order valence-electron chi connectivity index (χ0n) is 22.6. The third kappa shape index (κ3) is 5.83. The fourth-order valence-electron chi connectivity index (χ4n) is 4.90. The molecule has 0 saturated carbocycles. The summed E-state index contributed by atoms with van der Waals surface area (Å²) in [5, 5.41) is 13.0. The van der Waals surface area contributed by atoms with Crippen LogP contribution in [0.2, 0.25) is 0 Å². The van der Waals surface area contributed by atoms with Gasteiger partial charge < -0.3 is 16.0 Å². The molecule has 3 N–H and O–H groups in total. The molecule has 9 nitrogen and oxygen atoms in total. The van der Waals surface area contributed by atoms with Crippen molar-refractivity contribution in [2.45, 2.75) is 26.8 Å². The number of carbonyl (C=O) groups is 1. The molecule has 0 unspecified atom stereocenters. The molecule has 0 radical (unpaired) electrons. The third-order valence-corrected chi connectivity index (χ3v) is 6.89. The first kappa shape index (κ1) is 26.1. The standard InChI is InChI=1S/C15H20N6O.C15H14N2/c1-10-7-12(21-14(10)15(16)18-9-19-21)11-3-5-20(6-4-11)13(22)8-17-2;1-12-7-8-14-11-17(16-15(14)9-12)10-13-5-3-2-4-6-13/h3,7,9,17H,4-6,8H2,1-2H3,(H2,16,18,19);2-9,11H,10H2,1H3. The van der Waals surface area contributed by atoms with Crippen LogP contribution in [0.25, 0.3) is 22.0 Å². The summed E-state index contributed by atoms with van der Waals surface area (Å²) in [5.74, 6) is 0.613. The fraction of sp³-hybridized carbons (Fsp3) is 0.267. The van der Waals surface area contributed by atoms with Gasteiger partial charge in [-0.05, 0) is 61.7 Å². The molecule has 2 aromatic carbocycles. The second kappa shape index (κ2) is 11.5. The van der Waals surface area contributed by atoms with Gasteiger partial charge in [0, 0.05) is 24.7 Å². The van der Waals surface area contributed by atoms with Crippen LogP contribution in [0.1, 0.15) is 28.8 Å². The number of aryl methyl sites for hydroxylation is 2. The summed E-state index contributed by atoms with van der Waals surface area (Å²) in [7, 11) is 1.78. The molecule has 200 valence electrons. The van der Waals surface area contributed by atoms with Gasteiger partial charge in [0.2, 0.25) is 5.91 Å². The summed E-state index contributed by atoms with van der Waals surface area (Å²) < 4.78 is 3.84. The Morgan fingerprint density at radius 3 is 2.67 bits per heavy atom. The Labute approximate surface area is 227 Å². The van der Waals surface area contributed by atoms with Crippen molar-refractivity contribution in [3.8, 4) is 0 Å². The van der Waals surface area contributed by atoms with Crippen LogP contribution in [0.4, 0.5) is 5.82 Å². The predicted molar refractivity (Wildman–Crippen MR) is 155 cm³/mol. The van der Waals surface area contributed by atoms with Gasteiger partial charge in [0.25, 0.3) is 0 Å². The summed E-state index contributed by atoms with van der Waals surface area (Å²) in [6.07, 6.45) is 6.47. The van der Waals surface area contributed by atoms with E-state index in [9.17, 15) is 4.79 Å². The average Bonchev–Trinajstić information content (AvgIpc) is 3.50. The molecule has 0 bridgehead atoms. The number of carbonyl (C=O) groups excluding carboxylic acids is 1. The van der Waals surface area contributed by atoms with E-state index < -0.39 is 0 Å².